The van der Waals surface area contributed by atoms with Crippen LogP contribution in [0.1, 0.15) is 22.7 Å². The van der Waals surface area contributed by atoms with Crippen molar-refractivity contribution in [3.05, 3.63) is 47.0 Å². The van der Waals surface area contributed by atoms with E-state index in [-0.39, 0.29) is 11.5 Å². The molecule has 4 rings (SSSR count). The zero-order valence-electron chi connectivity index (χ0n) is 13.7. The van der Waals surface area contributed by atoms with Gasteiger partial charge in [-0.1, -0.05) is 24.3 Å². The first-order valence-electron chi connectivity index (χ1n) is 7.78. The van der Waals surface area contributed by atoms with Gasteiger partial charge in [0.25, 0.3) is 0 Å². The van der Waals surface area contributed by atoms with Crippen molar-refractivity contribution in [1.29, 1.82) is 0 Å². The lowest BCUT2D eigenvalue weighted by Crippen LogP contribution is -2.35. The van der Waals surface area contributed by atoms with Gasteiger partial charge in [-0.25, -0.2) is 5.14 Å². The van der Waals surface area contributed by atoms with Crippen molar-refractivity contribution in [1.82, 2.24) is 4.90 Å². The van der Waals surface area contributed by atoms with E-state index < -0.39 is 10.3 Å². The molecule has 1 heterocycles. The minimum atomic E-state index is -4.17. The molecule has 0 bridgehead atoms. The summed E-state index contributed by atoms with van der Waals surface area (Å²) >= 11 is 0. The molecule has 2 aromatic carbocycles. The summed E-state index contributed by atoms with van der Waals surface area (Å²) in [4.78, 5) is 2.39. The molecule has 2 aromatic rings. The number of nitrogens with zero attached hydrogens (tertiary/aromatic N) is 1. The highest BCUT2D eigenvalue weighted by Crippen LogP contribution is 2.49. The van der Waals surface area contributed by atoms with Gasteiger partial charge in [-0.2, -0.15) is 8.42 Å². The van der Waals surface area contributed by atoms with Crippen LogP contribution in [0, 0.1) is 0 Å². The predicted octanol–water partition coefficient (Wildman–Crippen LogP) is 1.60. The Morgan fingerprint density at radius 1 is 1.16 bits per heavy atom. The molecule has 2 aliphatic rings. The van der Waals surface area contributed by atoms with Crippen LogP contribution in [0.25, 0.3) is 11.1 Å². The standard InChI is InChI=1S/C17H17NO2.H3NO3S/c1-18-8-7-10-3-2-4-12-15(10)13(18)9-11-5-6-14(19)17(20)16(11)12;1-5(2,3)4/h2-6,13,19-20H,7-9H2,1H3;(H3,1,2,3,4)/t13-;/m1./s1. The van der Waals surface area contributed by atoms with Crippen LogP contribution in [0.3, 0.4) is 0 Å². The van der Waals surface area contributed by atoms with Gasteiger partial charge in [-0.05, 0) is 48.2 Å². The van der Waals surface area contributed by atoms with Crippen LogP contribution in [0.4, 0.5) is 0 Å². The SMILES string of the molecule is CN1CCc2cccc3c2[C@H]1Cc1ccc(O)c(O)c1-3.NS(=O)(=O)O. The number of fused-ring (bicyclic) bond motifs is 2. The maximum absolute atomic E-state index is 10.3. The molecule has 0 radical (unpaired) electrons. The highest BCUT2D eigenvalue weighted by Gasteiger charge is 2.34. The molecule has 1 aliphatic carbocycles. The second kappa shape index (κ2) is 6.30. The van der Waals surface area contributed by atoms with E-state index in [9.17, 15) is 10.2 Å². The summed E-state index contributed by atoms with van der Waals surface area (Å²) in [6, 6.07) is 10.2. The lowest BCUT2D eigenvalue weighted by molar-refractivity contribution is 0.228. The van der Waals surface area contributed by atoms with Crippen molar-refractivity contribution in [2.24, 2.45) is 5.14 Å². The van der Waals surface area contributed by atoms with Gasteiger partial charge in [0.05, 0.1) is 0 Å². The Morgan fingerprint density at radius 3 is 2.52 bits per heavy atom. The number of likely N-dealkylation sites (N-methyl/N-ethyl adjacent to an activating group) is 1. The molecule has 0 fully saturated rings. The van der Waals surface area contributed by atoms with E-state index in [0.29, 0.717) is 6.04 Å². The molecule has 5 N–H and O–H groups in total. The molecule has 0 amide bonds. The van der Waals surface area contributed by atoms with Crippen molar-refractivity contribution >= 4 is 10.3 Å². The minimum absolute atomic E-state index is 0.0163. The van der Waals surface area contributed by atoms with Crippen molar-refractivity contribution in [2.45, 2.75) is 18.9 Å². The summed E-state index contributed by atoms with van der Waals surface area (Å²) in [6.45, 7) is 1.07. The molecule has 0 saturated heterocycles. The molecule has 0 aromatic heterocycles. The van der Waals surface area contributed by atoms with E-state index in [0.717, 1.165) is 36.1 Å². The van der Waals surface area contributed by atoms with Crippen LogP contribution in [0.2, 0.25) is 0 Å². The molecule has 0 spiro atoms. The Bertz CT molecular complexity index is 919. The highest BCUT2D eigenvalue weighted by atomic mass is 32.2. The highest BCUT2D eigenvalue weighted by molar-refractivity contribution is 7.83. The summed E-state index contributed by atoms with van der Waals surface area (Å²) in [5.74, 6) is -0.0217. The number of phenolic OH excluding ortho intramolecular Hbond substituents is 2. The number of hydrogen-bond acceptors (Lipinski definition) is 5. The van der Waals surface area contributed by atoms with Crippen LogP contribution in [-0.4, -0.2) is 41.7 Å². The maximum atomic E-state index is 10.3. The summed E-state index contributed by atoms with van der Waals surface area (Å²) in [5.41, 5.74) is 5.71. The van der Waals surface area contributed by atoms with Crippen molar-refractivity contribution in [2.75, 3.05) is 13.6 Å². The molecule has 7 nitrogen and oxygen atoms in total. The third kappa shape index (κ3) is 3.47. The number of aromatic hydroxyl groups is 2. The Labute approximate surface area is 146 Å². The molecule has 0 unspecified atom stereocenters. The fourth-order valence-corrected chi connectivity index (χ4v) is 3.67. The van der Waals surface area contributed by atoms with Gasteiger partial charge in [-0.15, -0.1) is 0 Å². The Balaban J connectivity index is 0.000000324. The molecular formula is C17H20N2O5S. The van der Waals surface area contributed by atoms with E-state index in [1.165, 1.54) is 11.1 Å². The first-order chi connectivity index (χ1) is 11.7. The van der Waals surface area contributed by atoms with Crippen molar-refractivity contribution in [3.63, 3.8) is 0 Å². The average molecular weight is 364 g/mol. The smallest absolute Gasteiger partial charge is 0.330 e. The van der Waals surface area contributed by atoms with Crippen LogP contribution in [0.5, 0.6) is 11.5 Å². The van der Waals surface area contributed by atoms with E-state index >= 15 is 0 Å². The normalized spacial score (nSPS) is 18.6. The molecule has 1 atom stereocenters. The third-order valence-corrected chi connectivity index (χ3v) is 4.72. The zero-order valence-corrected chi connectivity index (χ0v) is 14.5. The predicted molar refractivity (Wildman–Crippen MR) is 93.7 cm³/mol. The van der Waals surface area contributed by atoms with Gasteiger partial charge in [0.15, 0.2) is 11.5 Å². The average Bonchev–Trinajstić information content (AvgIpc) is 2.52. The van der Waals surface area contributed by atoms with Crippen molar-refractivity contribution in [3.8, 4) is 22.6 Å². The first-order valence-corrected chi connectivity index (χ1v) is 9.28. The lowest BCUT2D eigenvalue weighted by Gasteiger charge is -2.39. The summed E-state index contributed by atoms with van der Waals surface area (Å²) in [7, 11) is -2.00. The first kappa shape index (κ1) is 17.7. The maximum Gasteiger partial charge on any atom is 0.330 e. The van der Waals surface area contributed by atoms with Gasteiger partial charge in [0, 0.05) is 18.2 Å². The number of rotatable bonds is 0. The molecule has 8 heteroatoms. The molecular weight excluding hydrogens is 344 g/mol. The van der Waals surface area contributed by atoms with E-state index in [1.54, 1.807) is 6.07 Å². The number of nitrogens with two attached hydrogens (primary N) is 1. The van der Waals surface area contributed by atoms with Gasteiger partial charge < -0.3 is 10.2 Å². The largest absolute Gasteiger partial charge is 0.504 e. The number of hydrogen-bond donors (Lipinski definition) is 4. The summed E-state index contributed by atoms with van der Waals surface area (Å²) in [6.07, 6.45) is 1.94. The van der Waals surface area contributed by atoms with Crippen LogP contribution < -0.4 is 5.14 Å². The van der Waals surface area contributed by atoms with Gasteiger partial charge in [0.1, 0.15) is 0 Å². The third-order valence-electron chi connectivity index (χ3n) is 4.72. The molecule has 134 valence electrons. The number of benzene rings is 2. The number of phenols is 2. The lowest BCUT2D eigenvalue weighted by atomic mass is 9.77. The van der Waals surface area contributed by atoms with Crippen LogP contribution >= 0.6 is 0 Å². The quantitative estimate of drug-likeness (QED) is 0.416. The van der Waals surface area contributed by atoms with Crippen molar-refractivity contribution < 1.29 is 23.2 Å². The monoisotopic (exact) mass is 364 g/mol. The summed E-state index contributed by atoms with van der Waals surface area (Å²) < 4.78 is 25.2. The van der Waals surface area contributed by atoms with Gasteiger partial charge >= 0.3 is 10.3 Å². The van der Waals surface area contributed by atoms with Gasteiger partial charge in [-0.3, -0.25) is 9.45 Å². The molecule has 25 heavy (non-hydrogen) atoms. The van der Waals surface area contributed by atoms with E-state index in [4.69, 9.17) is 13.0 Å². The fraction of sp³-hybridized carbons (Fsp3) is 0.294. The van der Waals surface area contributed by atoms with E-state index in [1.807, 2.05) is 6.07 Å². The Hall–Kier alpha value is -2.13. The minimum Gasteiger partial charge on any atom is -0.504 e. The summed E-state index contributed by atoms with van der Waals surface area (Å²) in [5, 5.41) is 23.9. The second-order valence-electron chi connectivity index (χ2n) is 6.31. The zero-order chi connectivity index (χ0) is 18.4. The van der Waals surface area contributed by atoms with E-state index in [2.05, 4.69) is 35.3 Å². The topological polar surface area (TPSA) is 124 Å². The second-order valence-corrected chi connectivity index (χ2v) is 7.34. The van der Waals surface area contributed by atoms with Gasteiger partial charge in [0.2, 0.25) is 0 Å². The molecule has 1 aliphatic heterocycles. The fourth-order valence-electron chi connectivity index (χ4n) is 3.67. The molecule has 0 saturated carbocycles. The Morgan fingerprint density at radius 2 is 1.84 bits per heavy atom. The Kier molecular flexibility index (Phi) is 4.46. The van der Waals surface area contributed by atoms with Crippen LogP contribution in [-0.2, 0) is 23.1 Å². The van der Waals surface area contributed by atoms with Crippen LogP contribution in [0.15, 0.2) is 30.3 Å².